The molecule has 7 nitrogen and oxygen atoms in total. The first-order valence-electron chi connectivity index (χ1n) is 13.3. The van der Waals surface area contributed by atoms with Gasteiger partial charge < -0.3 is 19.4 Å². The molecule has 3 aromatic carbocycles. The second kappa shape index (κ2) is 11.4. The largest absolute Gasteiger partial charge is 0.497 e. The number of halogens is 1. The number of piperazine rings is 1. The van der Waals surface area contributed by atoms with Crippen molar-refractivity contribution in [3.05, 3.63) is 108 Å². The van der Waals surface area contributed by atoms with Gasteiger partial charge in [-0.15, -0.1) is 0 Å². The summed E-state index contributed by atoms with van der Waals surface area (Å²) in [7, 11) is 1.63. The van der Waals surface area contributed by atoms with Gasteiger partial charge in [0.25, 0.3) is 0 Å². The van der Waals surface area contributed by atoms with Gasteiger partial charge in [0.1, 0.15) is 11.4 Å². The van der Waals surface area contributed by atoms with Gasteiger partial charge in [-0.2, -0.15) is 0 Å². The van der Waals surface area contributed by atoms with Crippen molar-refractivity contribution >= 4 is 29.0 Å². The monoisotopic (exact) mass is 551 g/mol. The van der Waals surface area contributed by atoms with E-state index in [9.17, 15) is 4.79 Å². The second-order valence-corrected chi connectivity index (χ2v) is 10.3. The van der Waals surface area contributed by atoms with Crippen LogP contribution in [0.1, 0.15) is 5.69 Å². The third-order valence-corrected chi connectivity index (χ3v) is 7.57. The van der Waals surface area contributed by atoms with E-state index in [1.54, 1.807) is 7.11 Å². The molecule has 1 saturated heterocycles. The number of aromatic nitrogens is 2. The molecular weight excluding hydrogens is 522 g/mol. The number of anilines is 1. The molecule has 1 aliphatic rings. The highest BCUT2D eigenvalue weighted by atomic mass is 35.5. The van der Waals surface area contributed by atoms with Crippen molar-refractivity contribution in [3.8, 4) is 28.1 Å². The zero-order valence-corrected chi connectivity index (χ0v) is 23.0. The molecular formula is C32H30ClN5O2. The Morgan fingerprint density at radius 2 is 1.55 bits per heavy atom. The van der Waals surface area contributed by atoms with Gasteiger partial charge in [-0.3, -0.25) is 4.90 Å². The fraction of sp³-hybridized carbons (Fsp3) is 0.188. The molecule has 0 spiro atoms. The first-order chi connectivity index (χ1) is 19.6. The van der Waals surface area contributed by atoms with Crippen LogP contribution in [-0.4, -0.2) is 58.5 Å². The Labute approximate surface area is 238 Å². The zero-order valence-electron chi connectivity index (χ0n) is 22.3. The molecule has 0 unspecified atom stereocenters. The lowest BCUT2D eigenvalue weighted by molar-refractivity contribution is 0.142. The smallest absolute Gasteiger partial charge is 0.321 e. The lowest BCUT2D eigenvalue weighted by atomic mass is 10.1. The van der Waals surface area contributed by atoms with Gasteiger partial charge >= 0.3 is 6.03 Å². The van der Waals surface area contributed by atoms with Crippen LogP contribution in [0.4, 0.5) is 10.5 Å². The standard InChI is InChI=1S/C32H30ClN5O2/c1-40-28-14-12-27(13-15-28)34-32(39)37-19-17-36(18-20-37)22-29-31(24-7-10-26(33)11-8-24)35-30-16-9-25(21-38(29)30)23-5-3-2-4-6-23/h2-16,21H,17-20,22H2,1H3,(H,34,39). The van der Waals surface area contributed by atoms with E-state index in [4.69, 9.17) is 21.3 Å². The molecule has 0 bridgehead atoms. The van der Waals surface area contributed by atoms with Crippen molar-refractivity contribution in [1.82, 2.24) is 19.2 Å². The van der Waals surface area contributed by atoms with Crippen molar-refractivity contribution in [2.45, 2.75) is 6.54 Å². The van der Waals surface area contributed by atoms with Gasteiger partial charge in [0.15, 0.2) is 0 Å². The van der Waals surface area contributed by atoms with Gasteiger partial charge in [-0.25, -0.2) is 9.78 Å². The van der Waals surface area contributed by atoms with Crippen LogP contribution in [-0.2, 0) is 6.54 Å². The fourth-order valence-electron chi connectivity index (χ4n) is 5.08. The molecule has 1 aliphatic heterocycles. The number of ether oxygens (including phenoxy) is 1. The Hall–Kier alpha value is -4.33. The molecule has 0 radical (unpaired) electrons. The van der Waals surface area contributed by atoms with Crippen molar-refractivity contribution < 1.29 is 9.53 Å². The predicted octanol–water partition coefficient (Wildman–Crippen LogP) is 6.68. The van der Waals surface area contributed by atoms with Crippen molar-refractivity contribution in [2.75, 3.05) is 38.6 Å². The van der Waals surface area contributed by atoms with Crippen LogP contribution in [0.25, 0.3) is 28.0 Å². The van der Waals surface area contributed by atoms with E-state index in [1.807, 2.05) is 59.5 Å². The molecule has 5 aromatic rings. The minimum absolute atomic E-state index is 0.0889. The van der Waals surface area contributed by atoms with Gasteiger partial charge in [0.05, 0.1) is 18.5 Å². The summed E-state index contributed by atoms with van der Waals surface area (Å²) in [6.07, 6.45) is 2.17. The zero-order chi connectivity index (χ0) is 27.5. The Morgan fingerprint density at radius 3 is 2.25 bits per heavy atom. The van der Waals surface area contributed by atoms with E-state index in [0.29, 0.717) is 24.7 Å². The number of urea groups is 1. The number of benzene rings is 3. The van der Waals surface area contributed by atoms with Crippen LogP contribution >= 0.6 is 11.6 Å². The summed E-state index contributed by atoms with van der Waals surface area (Å²) >= 11 is 6.19. The molecule has 2 aromatic heterocycles. The molecule has 8 heteroatoms. The highest BCUT2D eigenvalue weighted by Crippen LogP contribution is 2.29. The first-order valence-corrected chi connectivity index (χ1v) is 13.7. The van der Waals surface area contributed by atoms with Gasteiger partial charge in [0, 0.05) is 55.2 Å². The van der Waals surface area contributed by atoms with Crippen LogP contribution in [0.3, 0.4) is 0 Å². The Kier molecular flexibility index (Phi) is 7.40. The highest BCUT2D eigenvalue weighted by Gasteiger charge is 2.24. The van der Waals surface area contributed by atoms with Crippen molar-refractivity contribution in [1.29, 1.82) is 0 Å². The number of methoxy groups -OCH3 is 1. The average Bonchev–Trinajstić information content (AvgIpc) is 3.36. The van der Waals surface area contributed by atoms with Gasteiger partial charge in [-0.05, 0) is 59.7 Å². The van der Waals surface area contributed by atoms with E-state index in [1.165, 1.54) is 0 Å². The summed E-state index contributed by atoms with van der Waals surface area (Å²) in [6.45, 7) is 3.53. The van der Waals surface area contributed by atoms with Crippen LogP contribution < -0.4 is 10.1 Å². The normalized spacial score (nSPS) is 13.9. The lowest BCUT2D eigenvalue weighted by Crippen LogP contribution is -2.49. The summed E-state index contributed by atoms with van der Waals surface area (Å²) in [5, 5.41) is 3.69. The SMILES string of the molecule is COc1ccc(NC(=O)N2CCN(Cc3c(-c4ccc(Cl)cc4)nc4ccc(-c5ccccc5)cn34)CC2)cc1. The average molecular weight is 552 g/mol. The molecule has 0 saturated carbocycles. The molecule has 6 rings (SSSR count). The third-order valence-electron chi connectivity index (χ3n) is 7.32. The van der Waals surface area contributed by atoms with Crippen LogP contribution in [0.2, 0.25) is 5.02 Å². The molecule has 1 N–H and O–H groups in total. The van der Waals surface area contributed by atoms with Crippen molar-refractivity contribution in [3.63, 3.8) is 0 Å². The Balaban J connectivity index is 1.22. The maximum absolute atomic E-state index is 12.9. The molecule has 202 valence electrons. The van der Waals surface area contributed by atoms with Gasteiger partial charge in [-0.1, -0.05) is 54.1 Å². The van der Waals surface area contributed by atoms with Crippen LogP contribution in [0.15, 0.2) is 97.2 Å². The van der Waals surface area contributed by atoms with Crippen molar-refractivity contribution in [2.24, 2.45) is 0 Å². The Bertz CT molecular complexity index is 1610. The quantitative estimate of drug-likeness (QED) is 0.256. The van der Waals surface area contributed by atoms with E-state index in [0.717, 1.165) is 58.3 Å². The number of carbonyl (C=O) groups excluding carboxylic acids is 1. The van der Waals surface area contributed by atoms with Gasteiger partial charge in [0.2, 0.25) is 0 Å². The number of imidazole rings is 1. The maximum Gasteiger partial charge on any atom is 0.321 e. The summed E-state index contributed by atoms with van der Waals surface area (Å²) in [5.41, 5.74) is 7.04. The van der Waals surface area contributed by atoms with E-state index in [-0.39, 0.29) is 6.03 Å². The number of nitrogens with zero attached hydrogens (tertiary/aromatic N) is 4. The summed E-state index contributed by atoms with van der Waals surface area (Å²) < 4.78 is 7.41. The molecule has 2 amide bonds. The molecule has 0 aliphatic carbocycles. The minimum atomic E-state index is -0.0889. The molecule has 1 fully saturated rings. The second-order valence-electron chi connectivity index (χ2n) is 9.85. The van der Waals surface area contributed by atoms with E-state index >= 15 is 0 Å². The number of amides is 2. The molecule has 40 heavy (non-hydrogen) atoms. The lowest BCUT2D eigenvalue weighted by Gasteiger charge is -2.34. The number of rotatable bonds is 6. The summed E-state index contributed by atoms with van der Waals surface area (Å²) in [4.78, 5) is 22.2. The number of hydrogen-bond donors (Lipinski definition) is 1. The summed E-state index contributed by atoms with van der Waals surface area (Å²) in [5.74, 6) is 0.757. The highest BCUT2D eigenvalue weighted by molar-refractivity contribution is 6.30. The topological polar surface area (TPSA) is 62.1 Å². The first kappa shape index (κ1) is 25.9. The number of hydrogen-bond acceptors (Lipinski definition) is 4. The molecule has 3 heterocycles. The fourth-order valence-corrected chi connectivity index (χ4v) is 5.21. The number of nitrogens with one attached hydrogen (secondary N) is 1. The number of carbonyl (C=O) groups is 1. The van der Waals surface area contributed by atoms with E-state index < -0.39 is 0 Å². The van der Waals surface area contributed by atoms with Crippen LogP contribution in [0, 0.1) is 0 Å². The third kappa shape index (κ3) is 5.52. The minimum Gasteiger partial charge on any atom is -0.497 e. The number of pyridine rings is 1. The predicted molar refractivity (Wildman–Crippen MR) is 160 cm³/mol. The Morgan fingerprint density at radius 1 is 0.850 bits per heavy atom. The maximum atomic E-state index is 12.9. The summed E-state index contributed by atoms with van der Waals surface area (Å²) in [6, 6.07) is 29.7. The molecule has 0 atom stereocenters. The number of fused-ring (bicyclic) bond motifs is 1. The van der Waals surface area contributed by atoms with Crippen LogP contribution in [0.5, 0.6) is 5.75 Å². The van der Waals surface area contributed by atoms with E-state index in [2.05, 4.69) is 57.2 Å².